The van der Waals surface area contributed by atoms with Crippen molar-refractivity contribution in [2.24, 2.45) is 0 Å². The Bertz CT molecular complexity index is 1000. The van der Waals surface area contributed by atoms with Crippen molar-refractivity contribution in [2.45, 2.75) is 44.7 Å². The standard InChI is InChI=1S/C22H23NO4/c24-16-8-6-14(7-9-16)21-12-19(26)22-17(18(25)10-11-20(22)27-21)13-23-15-4-2-1-3-5-15/h6-12,15,23-25H,1-5,13H2. The Morgan fingerprint density at radius 2 is 1.74 bits per heavy atom. The third-order valence-electron chi connectivity index (χ3n) is 5.30. The zero-order valence-corrected chi connectivity index (χ0v) is 15.1. The molecule has 1 saturated carbocycles. The van der Waals surface area contributed by atoms with Crippen LogP contribution in [0.3, 0.4) is 0 Å². The first-order valence-corrected chi connectivity index (χ1v) is 9.43. The number of aromatic hydroxyl groups is 2. The molecule has 0 radical (unpaired) electrons. The van der Waals surface area contributed by atoms with Gasteiger partial charge in [0.2, 0.25) is 0 Å². The van der Waals surface area contributed by atoms with Gasteiger partial charge < -0.3 is 19.9 Å². The molecular weight excluding hydrogens is 342 g/mol. The van der Waals surface area contributed by atoms with Gasteiger partial charge in [0, 0.05) is 29.8 Å². The van der Waals surface area contributed by atoms with E-state index in [0.717, 1.165) is 12.8 Å². The minimum Gasteiger partial charge on any atom is -0.508 e. The molecule has 0 unspecified atom stereocenters. The largest absolute Gasteiger partial charge is 0.508 e. The van der Waals surface area contributed by atoms with Crippen LogP contribution >= 0.6 is 0 Å². The summed E-state index contributed by atoms with van der Waals surface area (Å²) in [4.78, 5) is 12.8. The molecule has 0 bridgehead atoms. The van der Waals surface area contributed by atoms with E-state index in [1.807, 2.05) is 0 Å². The summed E-state index contributed by atoms with van der Waals surface area (Å²) < 4.78 is 5.94. The Hall–Kier alpha value is -2.79. The van der Waals surface area contributed by atoms with Crippen LogP contribution in [0, 0.1) is 0 Å². The fourth-order valence-corrected chi connectivity index (χ4v) is 3.81. The molecule has 1 aliphatic carbocycles. The normalized spacial score (nSPS) is 15.3. The zero-order valence-electron chi connectivity index (χ0n) is 15.1. The lowest BCUT2D eigenvalue weighted by Gasteiger charge is -2.23. The molecule has 2 aromatic carbocycles. The van der Waals surface area contributed by atoms with Gasteiger partial charge >= 0.3 is 0 Å². The molecule has 5 nitrogen and oxygen atoms in total. The lowest BCUT2D eigenvalue weighted by Crippen LogP contribution is -2.30. The molecule has 3 N–H and O–H groups in total. The van der Waals surface area contributed by atoms with Gasteiger partial charge in [-0.25, -0.2) is 0 Å². The van der Waals surface area contributed by atoms with Gasteiger partial charge in [-0.1, -0.05) is 19.3 Å². The highest BCUT2D eigenvalue weighted by Crippen LogP contribution is 2.29. The second-order valence-corrected chi connectivity index (χ2v) is 7.17. The molecule has 1 fully saturated rings. The molecule has 0 spiro atoms. The third-order valence-corrected chi connectivity index (χ3v) is 5.30. The zero-order chi connectivity index (χ0) is 18.8. The predicted octanol–water partition coefficient (Wildman–Crippen LogP) is 4.29. The quantitative estimate of drug-likeness (QED) is 0.642. The lowest BCUT2D eigenvalue weighted by molar-refractivity contribution is 0.369. The maximum Gasteiger partial charge on any atom is 0.193 e. The molecule has 0 aliphatic heterocycles. The second kappa shape index (κ2) is 7.45. The van der Waals surface area contributed by atoms with Crippen LogP contribution in [0.15, 0.2) is 51.7 Å². The molecule has 5 heteroatoms. The molecule has 0 atom stereocenters. The van der Waals surface area contributed by atoms with Crippen molar-refractivity contribution in [2.75, 3.05) is 0 Å². The van der Waals surface area contributed by atoms with E-state index in [9.17, 15) is 15.0 Å². The van der Waals surface area contributed by atoms with Crippen LogP contribution in [0.1, 0.15) is 37.7 Å². The fraction of sp³-hybridized carbons (Fsp3) is 0.318. The average Bonchev–Trinajstić information content (AvgIpc) is 2.68. The SMILES string of the molecule is O=c1cc(-c2ccc(O)cc2)oc2ccc(O)c(CNC3CCCCC3)c12. The van der Waals surface area contributed by atoms with Gasteiger partial charge in [-0.05, 0) is 49.2 Å². The minimum absolute atomic E-state index is 0.107. The van der Waals surface area contributed by atoms with Crippen molar-refractivity contribution in [3.05, 3.63) is 58.3 Å². The van der Waals surface area contributed by atoms with Crippen molar-refractivity contribution in [3.8, 4) is 22.8 Å². The number of fused-ring (bicyclic) bond motifs is 1. The monoisotopic (exact) mass is 365 g/mol. The Kier molecular flexibility index (Phi) is 4.86. The van der Waals surface area contributed by atoms with Crippen LogP contribution in [0.2, 0.25) is 0 Å². The Labute approximate surface area is 157 Å². The molecular formula is C22H23NO4. The molecule has 0 saturated heterocycles. The first kappa shape index (κ1) is 17.6. The summed E-state index contributed by atoms with van der Waals surface area (Å²) in [5, 5.41) is 23.7. The summed E-state index contributed by atoms with van der Waals surface area (Å²) in [5.41, 5.74) is 1.56. The predicted molar refractivity (Wildman–Crippen MR) is 105 cm³/mol. The first-order valence-electron chi connectivity index (χ1n) is 9.43. The first-order chi connectivity index (χ1) is 13.1. The summed E-state index contributed by atoms with van der Waals surface area (Å²) in [6, 6.07) is 11.6. The maximum absolute atomic E-state index is 12.8. The van der Waals surface area contributed by atoms with E-state index < -0.39 is 0 Å². The van der Waals surface area contributed by atoms with Crippen LogP contribution in [0.4, 0.5) is 0 Å². The molecule has 140 valence electrons. The van der Waals surface area contributed by atoms with Gasteiger partial charge in [0.1, 0.15) is 22.8 Å². The summed E-state index contributed by atoms with van der Waals surface area (Å²) in [7, 11) is 0. The number of rotatable bonds is 4. The van der Waals surface area contributed by atoms with Crippen molar-refractivity contribution >= 4 is 11.0 Å². The molecule has 27 heavy (non-hydrogen) atoms. The van der Waals surface area contributed by atoms with Crippen molar-refractivity contribution in [1.82, 2.24) is 5.32 Å². The van der Waals surface area contributed by atoms with Crippen LogP contribution in [0.25, 0.3) is 22.3 Å². The van der Waals surface area contributed by atoms with Crippen molar-refractivity contribution < 1.29 is 14.6 Å². The highest BCUT2D eigenvalue weighted by Gasteiger charge is 2.17. The van der Waals surface area contributed by atoms with Gasteiger partial charge in [-0.2, -0.15) is 0 Å². The van der Waals surface area contributed by atoms with Crippen LogP contribution in [-0.4, -0.2) is 16.3 Å². The summed E-state index contributed by atoms with van der Waals surface area (Å²) in [6.07, 6.45) is 5.98. The van der Waals surface area contributed by atoms with E-state index in [-0.39, 0.29) is 16.9 Å². The fourth-order valence-electron chi connectivity index (χ4n) is 3.81. The van der Waals surface area contributed by atoms with E-state index in [1.165, 1.54) is 25.3 Å². The molecule has 1 aromatic heterocycles. The van der Waals surface area contributed by atoms with Crippen molar-refractivity contribution in [1.29, 1.82) is 0 Å². The lowest BCUT2D eigenvalue weighted by atomic mass is 9.95. The van der Waals surface area contributed by atoms with E-state index in [2.05, 4.69) is 5.32 Å². The number of nitrogens with one attached hydrogen (secondary N) is 1. The summed E-state index contributed by atoms with van der Waals surface area (Å²) in [6.45, 7) is 0.442. The van der Waals surface area contributed by atoms with Crippen molar-refractivity contribution in [3.63, 3.8) is 0 Å². The van der Waals surface area contributed by atoms with Crippen LogP contribution < -0.4 is 10.7 Å². The van der Waals surface area contributed by atoms with E-state index in [0.29, 0.717) is 40.4 Å². The maximum atomic E-state index is 12.8. The molecule has 3 aromatic rings. The number of phenolic OH excluding ortho intramolecular Hbond substituents is 2. The molecule has 0 amide bonds. The number of hydrogen-bond acceptors (Lipinski definition) is 5. The van der Waals surface area contributed by atoms with Crippen LogP contribution in [-0.2, 0) is 6.54 Å². The minimum atomic E-state index is -0.185. The second-order valence-electron chi connectivity index (χ2n) is 7.17. The number of hydrogen-bond donors (Lipinski definition) is 3. The molecule has 1 heterocycles. The van der Waals surface area contributed by atoms with E-state index in [1.54, 1.807) is 36.4 Å². The Balaban J connectivity index is 1.70. The van der Waals surface area contributed by atoms with Gasteiger partial charge in [-0.15, -0.1) is 0 Å². The number of benzene rings is 2. The summed E-state index contributed by atoms with van der Waals surface area (Å²) >= 11 is 0. The average molecular weight is 365 g/mol. The van der Waals surface area contributed by atoms with Gasteiger partial charge in [0.25, 0.3) is 0 Å². The Morgan fingerprint density at radius 1 is 1.00 bits per heavy atom. The van der Waals surface area contributed by atoms with E-state index >= 15 is 0 Å². The molecule has 4 rings (SSSR count). The number of phenols is 2. The highest BCUT2D eigenvalue weighted by molar-refractivity contribution is 5.84. The van der Waals surface area contributed by atoms with Crippen LogP contribution in [0.5, 0.6) is 11.5 Å². The Morgan fingerprint density at radius 3 is 2.48 bits per heavy atom. The van der Waals surface area contributed by atoms with Gasteiger partial charge in [0.05, 0.1) is 5.39 Å². The smallest absolute Gasteiger partial charge is 0.193 e. The van der Waals surface area contributed by atoms with Gasteiger partial charge in [0.15, 0.2) is 5.43 Å². The summed E-state index contributed by atoms with van der Waals surface area (Å²) in [5.74, 6) is 0.697. The highest BCUT2D eigenvalue weighted by atomic mass is 16.3. The third kappa shape index (κ3) is 3.69. The topological polar surface area (TPSA) is 82.7 Å². The van der Waals surface area contributed by atoms with E-state index in [4.69, 9.17) is 4.42 Å². The molecule has 1 aliphatic rings. The van der Waals surface area contributed by atoms with Gasteiger partial charge in [-0.3, -0.25) is 4.79 Å².